The van der Waals surface area contributed by atoms with Crippen LogP contribution < -0.4 is 4.74 Å². The summed E-state index contributed by atoms with van der Waals surface area (Å²) in [5.41, 5.74) is 1.30. The van der Waals surface area contributed by atoms with E-state index in [1.165, 1.54) is 29.9 Å². The summed E-state index contributed by atoms with van der Waals surface area (Å²) >= 11 is 1.91. The zero-order valence-electron chi connectivity index (χ0n) is 11.8. The maximum atomic E-state index is 5.75. The molecule has 0 aliphatic heterocycles. The first-order chi connectivity index (χ1) is 9.81. The summed E-state index contributed by atoms with van der Waals surface area (Å²) in [5.74, 6) is 2.14. The van der Waals surface area contributed by atoms with Gasteiger partial charge in [0.1, 0.15) is 5.75 Å². The van der Waals surface area contributed by atoms with E-state index in [-0.39, 0.29) is 0 Å². The van der Waals surface area contributed by atoms with Crippen molar-refractivity contribution in [2.75, 3.05) is 5.75 Å². The summed E-state index contributed by atoms with van der Waals surface area (Å²) in [4.78, 5) is 5.46. The summed E-state index contributed by atoms with van der Waals surface area (Å²) in [6, 6.07) is 8.49. The Labute approximate surface area is 124 Å². The first kappa shape index (κ1) is 13.6. The summed E-state index contributed by atoms with van der Waals surface area (Å²) in [6.45, 7) is 0. The molecule has 1 fully saturated rings. The average molecular weight is 288 g/mol. The molecule has 0 bridgehead atoms. The van der Waals surface area contributed by atoms with Crippen molar-refractivity contribution in [3.05, 3.63) is 42.5 Å². The fourth-order valence-corrected chi connectivity index (χ4v) is 2.91. The molecular weight excluding hydrogens is 268 g/mol. The predicted molar refractivity (Wildman–Crippen MR) is 82.3 cm³/mol. The van der Waals surface area contributed by atoms with Gasteiger partial charge in [-0.25, -0.2) is 4.98 Å². The van der Waals surface area contributed by atoms with Crippen molar-refractivity contribution >= 4 is 11.8 Å². The fraction of sp³-hybridized carbons (Fsp3) is 0.438. The van der Waals surface area contributed by atoms with E-state index in [2.05, 4.69) is 33.8 Å². The van der Waals surface area contributed by atoms with Gasteiger partial charge >= 0.3 is 0 Å². The van der Waals surface area contributed by atoms with Gasteiger partial charge in [0.2, 0.25) is 0 Å². The largest absolute Gasteiger partial charge is 0.490 e. The van der Waals surface area contributed by atoms with Crippen molar-refractivity contribution in [3.8, 4) is 5.75 Å². The molecule has 0 saturated heterocycles. The molecule has 1 aliphatic rings. The molecule has 0 radical (unpaired) electrons. The second-order valence-corrected chi connectivity index (χ2v) is 6.40. The number of hydrogen-bond donors (Lipinski definition) is 0. The van der Waals surface area contributed by atoms with Crippen LogP contribution in [0.4, 0.5) is 0 Å². The predicted octanol–water partition coefficient (Wildman–Crippen LogP) is 3.69. The van der Waals surface area contributed by atoms with Crippen LogP contribution in [0.25, 0.3) is 0 Å². The van der Waals surface area contributed by atoms with E-state index < -0.39 is 0 Å². The lowest BCUT2D eigenvalue weighted by molar-refractivity contribution is 0.303. The number of ether oxygens (including phenoxy) is 1. The quantitative estimate of drug-likeness (QED) is 0.574. The Morgan fingerprint density at radius 3 is 2.75 bits per heavy atom. The summed E-state index contributed by atoms with van der Waals surface area (Å²) in [5, 5.41) is 0. The Morgan fingerprint density at radius 2 is 2.10 bits per heavy atom. The van der Waals surface area contributed by atoms with E-state index in [0.29, 0.717) is 6.10 Å². The Bertz CT molecular complexity index is 546. The molecule has 0 atom stereocenters. The van der Waals surface area contributed by atoms with Crippen molar-refractivity contribution in [2.45, 2.75) is 36.7 Å². The highest BCUT2D eigenvalue weighted by Crippen LogP contribution is 2.28. The molecule has 2 aromatic rings. The van der Waals surface area contributed by atoms with Gasteiger partial charge in [0, 0.05) is 23.8 Å². The van der Waals surface area contributed by atoms with Crippen molar-refractivity contribution in [2.24, 2.45) is 7.05 Å². The van der Waals surface area contributed by atoms with Crippen LogP contribution >= 0.6 is 11.8 Å². The molecular formula is C16H20N2OS. The molecule has 1 aromatic carbocycles. The summed E-state index contributed by atoms with van der Waals surface area (Å²) in [6.07, 6.45) is 8.98. The SMILES string of the molecule is Cn1cncc1CCCSc1ccc(OC2CC2)cc1. The minimum Gasteiger partial charge on any atom is -0.490 e. The maximum absolute atomic E-state index is 5.75. The number of aromatic nitrogens is 2. The molecule has 0 amide bonds. The van der Waals surface area contributed by atoms with Crippen LogP contribution in [0.15, 0.2) is 41.7 Å². The monoisotopic (exact) mass is 288 g/mol. The molecule has 1 heterocycles. The van der Waals surface area contributed by atoms with Gasteiger partial charge in [-0.3, -0.25) is 0 Å². The lowest BCUT2D eigenvalue weighted by atomic mass is 10.3. The molecule has 3 nitrogen and oxygen atoms in total. The van der Waals surface area contributed by atoms with Gasteiger partial charge in [-0.15, -0.1) is 11.8 Å². The van der Waals surface area contributed by atoms with Crippen LogP contribution in [0.5, 0.6) is 5.75 Å². The van der Waals surface area contributed by atoms with Gasteiger partial charge in [0.05, 0.1) is 12.4 Å². The van der Waals surface area contributed by atoms with Crippen LogP contribution in [0.1, 0.15) is 25.0 Å². The van der Waals surface area contributed by atoms with Crippen LogP contribution in [-0.2, 0) is 13.5 Å². The van der Waals surface area contributed by atoms with E-state index in [0.717, 1.165) is 17.9 Å². The topological polar surface area (TPSA) is 27.1 Å². The second-order valence-electron chi connectivity index (χ2n) is 5.24. The summed E-state index contributed by atoms with van der Waals surface area (Å²) < 4.78 is 7.84. The number of aryl methyl sites for hydroxylation is 2. The van der Waals surface area contributed by atoms with E-state index >= 15 is 0 Å². The van der Waals surface area contributed by atoms with Gasteiger partial charge in [0.25, 0.3) is 0 Å². The molecule has 0 unspecified atom stereocenters. The molecule has 1 aliphatic carbocycles. The Kier molecular flexibility index (Phi) is 4.31. The molecule has 0 spiro atoms. The van der Waals surface area contributed by atoms with Crippen molar-refractivity contribution in [3.63, 3.8) is 0 Å². The number of hydrogen-bond acceptors (Lipinski definition) is 3. The molecule has 1 aromatic heterocycles. The fourth-order valence-electron chi connectivity index (χ4n) is 2.06. The first-order valence-electron chi connectivity index (χ1n) is 7.16. The van der Waals surface area contributed by atoms with E-state index in [9.17, 15) is 0 Å². The van der Waals surface area contributed by atoms with Crippen molar-refractivity contribution in [1.82, 2.24) is 9.55 Å². The van der Waals surface area contributed by atoms with Crippen LogP contribution in [0.3, 0.4) is 0 Å². The highest BCUT2D eigenvalue weighted by atomic mass is 32.2. The van der Waals surface area contributed by atoms with E-state index in [4.69, 9.17) is 4.74 Å². The number of thioether (sulfide) groups is 1. The lowest BCUT2D eigenvalue weighted by Crippen LogP contribution is -1.96. The second kappa shape index (κ2) is 6.35. The number of benzene rings is 1. The highest BCUT2D eigenvalue weighted by molar-refractivity contribution is 7.99. The van der Waals surface area contributed by atoms with Gasteiger partial charge in [-0.2, -0.15) is 0 Å². The van der Waals surface area contributed by atoms with Crippen molar-refractivity contribution < 1.29 is 4.74 Å². The Hall–Kier alpha value is -1.42. The van der Waals surface area contributed by atoms with Gasteiger partial charge in [-0.05, 0) is 55.7 Å². The number of imidazole rings is 1. The smallest absolute Gasteiger partial charge is 0.119 e. The molecule has 3 rings (SSSR count). The Morgan fingerprint density at radius 1 is 1.30 bits per heavy atom. The Balaban J connectivity index is 1.40. The molecule has 106 valence electrons. The van der Waals surface area contributed by atoms with E-state index in [1.807, 2.05) is 31.3 Å². The first-order valence-corrected chi connectivity index (χ1v) is 8.14. The van der Waals surface area contributed by atoms with Gasteiger partial charge < -0.3 is 9.30 Å². The zero-order chi connectivity index (χ0) is 13.8. The standard InChI is InChI=1S/C16H20N2OS/c1-18-12-17-11-13(18)3-2-10-20-16-8-6-15(7-9-16)19-14-4-5-14/h6-9,11-12,14H,2-5,10H2,1H3. The highest BCUT2D eigenvalue weighted by Gasteiger charge is 2.23. The zero-order valence-corrected chi connectivity index (χ0v) is 12.6. The number of nitrogens with zero attached hydrogens (tertiary/aromatic N) is 2. The number of rotatable bonds is 7. The van der Waals surface area contributed by atoms with Gasteiger partial charge in [-0.1, -0.05) is 0 Å². The third kappa shape index (κ3) is 3.79. The maximum Gasteiger partial charge on any atom is 0.119 e. The third-order valence-corrected chi connectivity index (χ3v) is 4.51. The van der Waals surface area contributed by atoms with Crippen LogP contribution in [0.2, 0.25) is 0 Å². The normalized spacial score (nSPS) is 14.4. The molecule has 0 N–H and O–H groups in total. The molecule has 20 heavy (non-hydrogen) atoms. The summed E-state index contributed by atoms with van der Waals surface area (Å²) in [7, 11) is 2.05. The van der Waals surface area contributed by atoms with E-state index in [1.54, 1.807) is 0 Å². The van der Waals surface area contributed by atoms with Gasteiger partial charge in [0.15, 0.2) is 0 Å². The third-order valence-electron chi connectivity index (χ3n) is 3.41. The minimum absolute atomic E-state index is 0.479. The van der Waals surface area contributed by atoms with Crippen LogP contribution in [-0.4, -0.2) is 21.4 Å². The van der Waals surface area contributed by atoms with Crippen LogP contribution in [0, 0.1) is 0 Å². The lowest BCUT2D eigenvalue weighted by Gasteiger charge is -2.06. The molecule has 1 saturated carbocycles. The minimum atomic E-state index is 0.479. The van der Waals surface area contributed by atoms with Crippen molar-refractivity contribution in [1.29, 1.82) is 0 Å². The average Bonchev–Trinajstić information content (AvgIpc) is 3.18. The molecule has 4 heteroatoms.